The third-order valence-electron chi connectivity index (χ3n) is 2.70. The topological polar surface area (TPSA) is 0 Å². The molecule has 0 spiro atoms. The molecule has 2 rings (SSSR count). The zero-order valence-corrected chi connectivity index (χ0v) is 9.85. The minimum atomic E-state index is 0.808. The molecule has 0 atom stereocenters. The first-order valence-electron chi connectivity index (χ1n) is 5.62. The highest BCUT2D eigenvalue weighted by atomic mass is 35.5. The molecule has 0 saturated heterocycles. The number of halogens is 1. The summed E-state index contributed by atoms with van der Waals surface area (Å²) in [6.07, 6.45) is 5.52. The number of benzene rings is 1. The molecule has 0 heterocycles. The first kappa shape index (κ1) is 11.6. The zero-order valence-electron chi connectivity index (χ0n) is 9.09. The first-order chi connectivity index (χ1) is 6.86. The van der Waals surface area contributed by atoms with Crippen molar-refractivity contribution in [2.75, 3.05) is 0 Å². The van der Waals surface area contributed by atoms with Gasteiger partial charge in [0.25, 0.3) is 0 Å². The summed E-state index contributed by atoms with van der Waals surface area (Å²) in [6, 6.07) is 8.32. The van der Waals surface area contributed by atoms with E-state index < -0.39 is 0 Å². The fourth-order valence-corrected chi connectivity index (χ4v) is 2.12. The number of hydrogen-bond donors (Lipinski definition) is 0. The lowest BCUT2D eigenvalue weighted by Crippen LogP contribution is -1.90. The van der Waals surface area contributed by atoms with E-state index in [1.807, 2.05) is 26.0 Å². The predicted molar refractivity (Wildman–Crippen MR) is 64.0 cm³/mol. The Labute approximate surface area is 92.3 Å². The molecule has 1 aliphatic rings. The van der Waals surface area contributed by atoms with Gasteiger partial charge in [-0.25, -0.2) is 0 Å². The standard InChI is InChI=1S/C11H13Cl.C2H6/c12-11-7-5-10(6-8-11)9-3-1-2-4-9;1-2/h5-9H,1-4H2;1-2H3. The van der Waals surface area contributed by atoms with Crippen molar-refractivity contribution in [2.45, 2.75) is 45.4 Å². The van der Waals surface area contributed by atoms with Gasteiger partial charge in [-0.3, -0.25) is 0 Å². The summed E-state index contributed by atoms with van der Waals surface area (Å²) in [5.74, 6) is 0.808. The van der Waals surface area contributed by atoms with Crippen molar-refractivity contribution in [1.82, 2.24) is 0 Å². The fraction of sp³-hybridized carbons (Fsp3) is 0.538. The summed E-state index contributed by atoms with van der Waals surface area (Å²) >= 11 is 5.82. The third-order valence-corrected chi connectivity index (χ3v) is 2.95. The van der Waals surface area contributed by atoms with Gasteiger partial charge in [-0.2, -0.15) is 0 Å². The van der Waals surface area contributed by atoms with Crippen LogP contribution in [0, 0.1) is 0 Å². The van der Waals surface area contributed by atoms with Crippen molar-refractivity contribution in [1.29, 1.82) is 0 Å². The van der Waals surface area contributed by atoms with Gasteiger partial charge < -0.3 is 0 Å². The second-order valence-electron chi connectivity index (χ2n) is 3.53. The van der Waals surface area contributed by atoms with Crippen LogP contribution in [0.3, 0.4) is 0 Å². The van der Waals surface area contributed by atoms with Crippen LogP contribution >= 0.6 is 11.6 Å². The SMILES string of the molecule is CC.Clc1ccc(C2CCCC2)cc1. The van der Waals surface area contributed by atoms with Crippen LogP contribution in [0.25, 0.3) is 0 Å². The van der Waals surface area contributed by atoms with Crippen molar-refractivity contribution >= 4 is 11.6 Å². The van der Waals surface area contributed by atoms with Crippen LogP contribution in [0.5, 0.6) is 0 Å². The van der Waals surface area contributed by atoms with Crippen molar-refractivity contribution < 1.29 is 0 Å². The Bertz CT molecular complexity index is 244. The van der Waals surface area contributed by atoms with Gasteiger partial charge in [0.05, 0.1) is 0 Å². The van der Waals surface area contributed by atoms with Crippen LogP contribution in [0.2, 0.25) is 5.02 Å². The molecule has 14 heavy (non-hydrogen) atoms. The van der Waals surface area contributed by atoms with Gasteiger partial charge in [-0.05, 0) is 36.5 Å². The van der Waals surface area contributed by atoms with Gasteiger partial charge in [0.15, 0.2) is 0 Å². The summed E-state index contributed by atoms with van der Waals surface area (Å²) < 4.78 is 0. The molecule has 78 valence electrons. The highest BCUT2D eigenvalue weighted by Crippen LogP contribution is 2.34. The number of hydrogen-bond acceptors (Lipinski definition) is 0. The Morgan fingerprint density at radius 1 is 1.00 bits per heavy atom. The van der Waals surface area contributed by atoms with Crippen molar-refractivity contribution in [3.63, 3.8) is 0 Å². The normalized spacial score (nSPS) is 16.2. The molecule has 1 aliphatic carbocycles. The molecule has 1 aromatic carbocycles. The first-order valence-corrected chi connectivity index (χ1v) is 5.99. The Balaban J connectivity index is 0.000000461. The predicted octanol–water partition coefficient (Wildman–Crippen LogP) is 5.02. The van der Waals surface area contributed by atoms with Gasteiger partial charge in [-0.1, -0.05) is 50.4 Å². The fourth-order valence-electron chi connectivity index (χ4n) is 1.99. The van der Waals surface area contributed by atoms with E-state index in [4.69, 9.17) is 11.6 Å². The van der Waals surface area contributed by atoms with Crippen LogP contribution in [-0.4, -0.2) is 0 Å². The summed E-state index contributed by atoms with van der Waals surface area (Å²) in [5, 5.41) is 0.844. The molecular formula is C13H19Cl. The van der Waals surface area contributed by atoms with Crippen LogP contribution < -0.4 is 0 Å². The molecule has 0 nitrogen and oxygen atoms in total. The molecule has 1 saturated carbocycles. The summed E-state index contributed by atoms with van der Waals surface area (Å²) in [6.45, 7) is 4.00. The van der Waals surface area contributed by atoms with E-state index in [1.54, 1.807) is 0 Å². The van der Waals surface area contributed by atoms with E-state index in [-0.39, 0.29) is 0 Å². The lowest BCUT2D eigenvalue weighted by molar-refractivity contribution is 0.723. The maximum absolute atomic E-state index is 5.82. The van der Waals surface area contributed by atoms with Gasteiger partial charge in [0, 0.05) is 5.02 Å². The van der Waals surface area contributed by atoms with Crippen LogP contribution in [0.1, 0.15) is 51.0 Å². The van der Waals surface area contributed by atoms with Crippen LogP contribution in [0.4, 0.5) is 0 Å². The third kappa shape index (κ3) is 3.02. The summed E-state index contributed by atoms with van der Waals surface area (Å²) in [5.41, 5.74) is 1.47. The van der Waals surface area contributed by atoms with E-state index in [2.05, 4.69) is 12.1 Å². The zero-order chi connectivity index (χ0) is 10.4. The van der Waals surface area contributed by atoms with Gasteiger partial charge in [-0.15, -0.1) is 0 Å². The minimum absolute atomic E-state index is 0.808. The average molecular weight is 211 g/mol. The molecule has 0 unspecified atom stereocenters. The summed E-state index contributed by atoms with van der Waals surface area (Å²) in [4.78, 5) is 0. The number of rotatable bonds is 1. The molecule has 1 fully saturated rings. The summed E-state index contributed by atoms with van der Waals surface area (Å²) in [7, 11) is 0. The largest absolute Gasteiger partial charge is 0.0843 e. The van der Waals surface area contributed by atoms with Crippen molar-refractivity contribution in [2.24, 2.45) is 0 Å². The minimum Gasteiger partial charge on any atom is -0.0843 e. The van der Waals surface area contributed by atoms with Crippen LogP contribution in [0.15, 0.2) is 24.3 Å². The van der Waals surface area contributed by atoms with E-state index in [1.165, 1.54) is 31.2 Å². The Morgan fingerprint density at radius 2 is 1.50 bits per heavy atom. The Kier molecular flexibility index (Phi) is 5.03. The molecule has 1 aromatic rings. The highest BCUT2D eigenvalue weighted by molar-refractivity contribution is 6.30. The van der Waals surface area contributed by atoms with Gasteiger partial charge in [0.2, 0.25) is 0 Å². The Hall–Kier alpha value is -0.490. The molecule has 0 bridgehead atoms. The van der Waals surface area contributed by atoms with Gasteiger partial charge in [0.1, 0.15) is 0 Å². The lowest BCUT2D eigenvalue weighted by Gasteiger charge is -2.08. The average Bonchev–Trinajstić information content (AvgIpc) is 2.75. The quantitative estimate of drug-likeness (QED) is 0.610. The highest BCUT2D eigenvalue weighted by Gasteiger charge is 2.16. The molecule has 0 aliphatic heterocycles. The molecule has 0 aromatic heterocycles. The maximum atomic E-state index is 5.82. The maximum Gasteiger partial charge on any atom is 0.0406 e. The van der Waals surface area contributed by atoms with Crippen molar-refractivity contribution in [3.8, 4) is 0 Å². The molecule has 0 radical (unpaired) electrons. The molecular weight excluding hydrogens is 192 g/mol. The van der Waals surface area contributed by atoms with Crippen LogP contribution in [-0.2, 0) is 0 Å². The molecule has 0 N–H and O–H groups in total. The van der Waals surface area contributed by atoms with E-state index in [9.17, 15) is 0 Å². The van der Waals surface area contributed by atoms with Crippen molar-refractivity contribution in [3.05, 3.63) is 34.9 Å². The van der Waals surface area contributed by atoms with E-state index in [0.717, 1.165) is 10.9 Å². The van der Waals surface area contributed by atoms with Gasteiger partial charge >= 0.3 is 0 Å². The van der Waals surface area contributed by atoms with E-state index in [0.29, 0.717) is 0 Å². The second kappa shape index (κ2) is 6.08. The monoisotopic (exact) mass is 210 g/mol. The smallest absolute Gasteiger partial charge is 0.0406 e. The Morgan fingerprint density at radius 3 is 2.00 bits per heavy atom. The second-order valence-corrected chi connectivity index (χ2v) is 3.97. The lowest BCUT2D eigenvalue weighted by atomic mass is 9.98. The van der Waals surface area contributed by atoms with E-state index >= 15 is 0 Å². The molecule has 0 amide bonds. The molecule has 1 heteroatoms.